The van der Waals surface area contributed by atoms with Gasteiger partial charge in [-0.2, -0.15) is 0 Å². The number of hydrogen-bond donors (Lipinski definition) is 2. The van der Waals surface area contributed by atoms with E-state index in [4.69, 9.17) is 0 Å². The number of benzene rings is 1. The van der Waals surface area contributed by atoms with E-state index >= 15 is 0 Å². The molecule has 7 heteroatoms. The number of pyridine rings is 1. The molecule has 1 aliphatic heterocycles. The Morgan fingerprint density at radius 2 is 1.96 bits per heavy atom. The molecule has 3 rings (SSSR count). The van der Waals surface area contributed by atoms with Crippen molar-refractivity contribution in [3.05, 3.63) is 63.0 Å². The number of piperidine rings is 1. The lowest BCUT2D eigenvalue weighted by atomic mass is 9.80. The van der Waals surface area contributed by atoms with E-state index in [9.17, 15) is 14.4 Å². The van der Waals surface area contributed by atoms with E-state index in [0.29, 0.717) is 29.5 Å². The van der Waals surface area contributed by atoms with Crippen LogP contribution in [0, 0.1) is 5.41 Å². The fraction of sp³-hybridized carbons (Fsp3) is 0.316. The second-order valence-electron chi connectivity index (χ2n) is 6.76. The maximum atomic E-state index is 12.8. The lowest BCUT2D eigenvalue weighted by Gasteiger charge is -2.39. The molecule has 26 heavy (non-hydrogen) atoms. The number of hydrogen-bond acceptors (Lipinski definition) is 3. The van der Waals surface area contributed by atoms with Gasteiger partial charge in [0.05, 0.1) is 9.89 Å². The number of halogens is 1. The summed E-state index contributed by atoms with van der Waals surface area (Å²) in [6, 6.07) is 9.05. The molecule has 0 unspecified atom stereocenters. The van der Waals surface area contributed by atoms with Crippen molar-refractivity contribution in [3.8, 4) is 0 Å². The molecule has 1 aromatic heterocycles. The maximum absolute atomic E-state index is 12.8. The zero-order chi connectivity index (χ0) is 18.7. The van der Waals surface area contributed by atoms with E-state index in [-0.39, 0.29) is 22.9 Å². The SMILES string of the molecule is C[C@@]1(C(=O)Nc2c[nH]cc(Br)c2=O)CCCN(C(=O)c2ccccc2)C1. The molecule has 136 valence electrons. The van der Waals surface area contributed by atoms with Crippen molar-refractivity contribution in [3.63, 3.8) is 0 Å². The first-order chi connectivity index (χ1) is 12.4. The molecule has 0 radical (unpaired) electrons. The second kappa shape index (κ2) is 7.45. The Kier molecular flexibility index (Phi) is 5.27. The fourth-order valence-corrected chi connectivity index (χ4v) is 3.53. The van der Waals surface area contributed by atoms with Gasteiger partial charge in [-0.1, -0.05) is 18.2 Å². The molecule has 2 aromatic rings. The minimum atomic E-state index is -0.753. The van der Waals surface area contributed by atoms with Crippen LogP contribution in [-0.4, -0.2) is 34.8 Å². The van der Waals surface area contributed by atoms with Gasteiger partial charge in [-0.25, -0.2) is 0 Å². The summed E-state index contributed by atoms with van der Waals surface area (Å²) in [7, 11) is 0. The summed E-state index contributed by atoms with van der Waals surface area (Å²) in [5, 5.41) is 2.71. The molecule has 2 heterocycles. The van der Waals surface area contributed by atoms with Crippen molar-refractivity contribution in [1.82, 2.24) is 9.88 Å². The number of likely N-dealkylation sites (tertiary alicyclic amines) is 1. The summed E-state index contributed by atoms with van der Waals surface area (Å²) in [4.78, 5) is 42.2. The quantitative estimate of drug-likeness (QED) is 0.804. The predicted octanol–water partition coefficient (Wildman–Crippen LogP) is 3.02. The van der Waals surface area contributed by atoms with Crippen molar-refractivity contribution >= 4 is 33.4 Å². The van der Waals surface area contributed by atoms with Crippen LogP contribution in [0.2, 0.25) is 0 Å². The highest BCUT2D eigenvalue weighted by Crippen LogP contribution is 2.31. The van der Waals surface area contributed by atoms with Gasteiger partial charge in [0.1, 0.15) is 5.69 Å². The molecular weight excluding hydrogens is 398 g/mol. The van der Waals surface area contributed by atoms with Crippen LogP contribution in [0.3, 0.4) is 0 Å². The average Bonchev–Trinajstić information content (AvgIpc) is 2.65. The van der Waals surface area contributed by atoms with Crippen LogP contribution in [0.1, 0.15) is 30.1 Å². The number of aromatic amines is 1. The van der Waals surface area contributed by atoms with E-state index in [1.54, 1.807) is 17.0 Å². The molecule has 0 bridgehead atoms. The van der Waals surface area contributed by atoms with Crippen LogP contribution in [0.5, 0.6) is 0 Å². The van der Waals surface area contributed by atoms with Gasteiger partial charge in [-0.3, -0.25) is 14.4 Å². The van der Waals surface area contributed by atoms with Crippen LogP contribution in [0.15, 0.2) is 52.0 Å². The molecule has 1 fully saturated rings. The lowest BCUT2D eigenvalue weighted by molar-refractivity contribution is -0.127. The Hall–Kier alpha value is -2.41. The molecule has 6 nitrogen and oxygen atoms in total. The molecule has 0 aliphatic carbocycles. The number of nitrogens with one attached hydrogen (secondary N) is 2. The Labute approximate surface area is 159 Å². The smallest absolute Gasteiger partial charge is 0.253 e. The average molecular weight is 418 g/mol. The normalized spacial score (nSPS) is 19.8. The van der Waals surface area contributed by atoms with Gasteiger partial charge in [0.25, 0.3) is 5.91 Å². The molecule has 1 atom stereocenters. The van der Waals surface area contributed by atoms with Crippen LogP contribution in [0.4, 0.5) is 5.69 Å². The van der Waals surface area contributed by atoms with Crippen LogP contribution in [0.25, 0.3) is 0 Å². The highest BCUT2D eigenvalue weighted by Gasteiger charge is 2.39. The number of amides is 2. The zero-order valence-electron chi connectivity index (χ0n) is 14.4. The first-order valence-corrected chi connectivity index (χ1v) is 9.22. The highest BCUT2D eigenvalue weighted by molar-refractivity contribution is 9.10. The number of anilines is 1. The van der Waals surface area contributed by atoms with Crippen LogP contribution >= 0.6 is 15.9 Å². The monoisotopic (exact) mass is 417 g/mol. The van der Waals surface area contributed by atoms with Gasteiger partial charge in [0.15, 0.2) is 0 Å². The van der Waals surface area contributed by atoms with E-state index in [1.807, 2.05) is 25.1 Å². The van der Waals surface area contributed by atoms with Gasteiger partial charge in [-0.05, 0) is 47.8 Å². The third-order valence-corrected chi connectivity index (χ3v) is 5.29. The van der Waals surface area contributed by atoms with Gasteiger partial charge in [0, 0.05) is 31.0 Å². The zero-order valence-corrected chi connectivity index (χ0v) is 16.0. The maximum Gasteiger partial charge on any atom is 0.253 e. The summed E-state index contributed by atoms with van der Waals surface area (Å²) < 4.78 is 0.352. The third-order valence-electron chi connectivity index (χ3n) is 4.70. The summed E-state index contributed by atoms with van der Waals surface area (Å²) in [5.41, 5.74) is -0.233. The second-order valence-corrected chi connectivity index (χ2v) is 7.61. The van der Waals surface area contributed by atoms with E-state index < -0.39 is 5.41 Å². The first-order valence-electron chi connectivity index (χ1n) is 8.43. The first kappa shape index (κ1) is 18.4. The minimum absolute atomic E-state index is 0.0790. The molecular formula is C19H20BrN3O3. The molecule has 2 N–H and O–H groups in total. The number of H-pyrrole nitrogens is 1. The van der Waals surface area contributed by atoms with Crippen molar-refractivity contribution < 1.29 is 9.59 Å². The van der Waals surface area contributed by atoms with Crippen molar-refractivity contribution in [2.45, 2.75) is 19.8 Å². The number of nitrogens with zero attached hydrogens (tertiary/aromatic N) is 1. The summed E-state index contributed by atoms with van der Waals surface area (Å²) in [5.74, 6) is -0.337. The van der Waals surface area contributed by atoms with Gasteiger partial charge >= 0.3 is 0 Å². The predicted molar refractivity (Wildman–Crippen MR) is 103 cm³/mol. The number of rotatable bonds is 3. The molecule has 0 spiro atoms. The summed E-state index contributed by atoms with van der Waals surface area (Å²) >= 11 is 3.15. The largest absolute Gasteiger partial charge is 0.365 e. The molecule has 1 aromatic carbocycles. The molecule has 1 saturated heterocycles. The van der Waals surface area contributed by atoms with Crippen molar-refractivity contribution in [2.24, 2.45) is 5.41 Å². The van der Waals surface area contributed by atoms with E-state index in [2.05, 4.69) is 26.2 Å². The summed E-state index contributed by atoms with van der Waals surface area (Å²) in [6.07, 6.45) is 4.37. The Balaban J connectivity index is 1.76. The fourth-order valence-electron chi connectivity index (χ4n) is 3.19. The third kappa shape index (κ3) is 3.72. The van der Waals surface area contributed by atoms with Gasteiger partial charge in [0.2, 0.25) is 11.3 Å². The van der Waals surface area contributed by atoms with E-state index in [0.717, 1.165) is 6.42 Å². The highest BCUT2D eigenvalue weighted by atomic mass is 79.9. The van der Waals surface area contributed by atoms with Crippen molar-refractivity contribution in [2.75, 3.05) is 18.4 Å². The Bertz CT molecular complexity index is 881. The van der Waals surface area contributed by atoms with E-state index in [1.165, 1.54) is 12.4 Å². The topological polar surface area (TPSA) is 82.3 Å². The summed E-state index contributed by atoms with van der Waals surface area (Å²) in [6.45, 7) is 2.77. The minimum Gasteiger partial charge on any atom is -0.365 e. The van der Waals surface area contributed by atoms with Crippen molar-refractivity contribution in [1.29, 1.82) is 0 Å². The molecule has 2 amide bonds. The molecule has 0 saturated carbocycles. The standard InChI is InChI=1S/C19H20BrN3O3/c1-19(18(26)22-15-11-21-10-14(20)16(15)24)8-5-9-23(12-19)17(25)13-6-3-2-4-7-13/h2-4,6-7,10-11H,5,8-9,12H2,1H3,(H,21,24)(H,22,26)/t19-/m1/s1. The van der Waals surface area contributed by atoms with Crippen LogP contribution in [-0.2, 0) is 4.79 Å². The number of carbonyl (C=O) groups is 2. The number of carbonyl (C=O) groups excluding carboxylic acids is 2. The lowest BCUT2D eigenvalue weighted by Crippen LogP contribution is -2.50. The van der Waals surface area contributed by atoms with Gasteiger partial charge in [-0.15, -0.1) is 0 Å². The Morgan fingerprint density at radius 3 is 2.69 bits per heavy atom. The van der Waals surface area contributed by atoms with Gasteiger partial charge < -0.3 is 15.2 Å². The molecule has 1 aliphatic rings. The Morgan fingerprint density at radius 1 is 1.23 bits per heavy atom. The number of aromatic nitrogens is 1. The van der Waals surface area contributed by atoms with Crippen LogP contribution < -0.4 is 10.7 Å².